The summed E-state index contributed by atoms with van der Waals surface area (Å²) in [6, 6.07) is 29.3. The lowest BCUT2D eigenvalue weighted by atomic mass is 9.44. The number of benzene rings is 4. The molecule has 3 aliphatic carbocycles. The van der Waals surface area contributed by atoms with Gasteiger partial charge >= 0.3 is 0 Å². The summed E-state index contributed by atoms with van der Waals surface area (Å²) < 4.78 is 11.1. The average molecular weight is 755 g/mol. The number of hydrogen-bond acceptors (Lipinski definition) is 8. The van der Waals surface area contributed by atoms with Crippen molar-refractivity contribution >= 4 is 51.9 Å². The van der Waals surface area contributed by atoms with Crippen LogP contribution in [0.25, 0.3) is 5.57 Å². The van der Waals surface area contributed by atoms with Gasteiger partial charge in [0.25, 0.3) is 0 Å². The number of rotatable bonds is 6. The molecule has 6 unspecified atom stereocenters. The zero-order chi connectivity index (χ0) is 38.0. The van der Waals surface area contributed by atoms with E-state index in [4.69, 9.17) is 21.1 Å². The van der Waals surface area contributed by atoms with Crippen LogP contribution < -0.4 is 14.5 Å². The summed E-state index contributed by atoms with van der Waals surface area (Å²) in [6.45, 7) is 2.79. The van der Waals surface area contributed by atoms with Crippen molar-refractivity contribution in [2.45, 2.75) is 24.2 Å². The van der Waals surface area contributed by atoms with Crippen LogP contribution in [-0.2, 0) is 29.3 Å². The summed E-state index contributed by atoms with van der Waals surface area (Å²) in [5.41, 5.74) is 3.03. The molecule has 4 aromatic carbocycles. The van der Waals surface area contributed by atoms with Gasteiger partial charge in [-0.25, -0.2) is 0 Å². The standard InChI is InChI=1S/C45H39ClN2O7/c1-54-37-23-27(22-36(46)42(37)51)40-31-16-17-32-39(44(53)48(43(32)52)30-14-12-29(13-15-30)47-18-20-55-21-19-47)34(31)24-35-41(50)33(26-8-4-2-5-9-26)25-38(49)45(35,40)28-10-6-3-7-11-28/h2-16,22-23,25,32,34-35,39-40,51H,17-21,24H2,1H3. The first kappa shape index (κ1) is 35.2. The molecule has 9 nitrogen and oxygen atoms in total. The molecule has 6 atom stereocenters. The minimum atomic E-state index is -1.43. The van der Waals surface area contributed by atoms with Crippen LogP contribution in [0.4, 0.5) is 11.4 Å². The Labute approximate surface area is 323 Å². The van der Waals surface area contributed by atoms with E-state index in [2.05, 4.69) is 4.90 Å². The number of anilines is 2. The molecule has 1 saturated carbocycles. The highest BCUT2D eigenvalue weighted by atomic mass is 35.5. The van der Waals surface area contributed by atoms with Crippen LogP contribution in [0.5, 0.6) is 11.5 Å². The number of halogens is 1. The maximum absolute atomic E-state index is 15.3. The second-order valence-electron chi connectivity index (χ2n) is 15.0. The number of hydrogen-bond donors (Lipinski definition) is 1. The van der Waals surface area contributed by atoms with Crippen LogP contribution in [0.1, 0.15) is 35.4 Å². The molecule has 0 spiro atoms. The van der Waals surface area contributed by atoms with Crippen molar-refractivity contribution in [2.75, 3.05) is 43.2 Å². The van der Waals surface area contributed by atoms with Crippen LogP contribution in [0.15, 0.2) is 115 Å². The Morgan fingerprint density at radius 2 is 1.51 bits per heavy atom. The van der Waals surface area contributed by atoms with E-state index in [1.807, 2.05) is 91.0 Å². The lowest BCUT2D eigenvalue weighted by molar-refractivity contribution is -0.135. The maximum Gasteiger partial charge on any atom is 0.238 e. The number of amides is 2. The number of phenols is 1. The lowest BCUT2D eigenvalue weighted by Crippen LogP contribution is -2.58. The van der Waals surface area contributed by atoms with E-state index in [0.29, 0.717) is 41.2 Å². The largest absolute Gasteiger partial charge is 0.503 e. The van der Waals surface area contributed by atoms with E-state index < -0.39 is 35.0 Å². The molecule has 278 valence electrons. The monoisotopic (exact) mass is 754 g/mol. The molecule has 0 bridgehead atoms. The fourth-order valence-corrected chi connectivity index (χ4v) is 10.3. The van der Waals surface area contributed by atoms with Crippen LogP contribution >= 0.6 is 11.6 Å². The molecule has 2 aliphatic heterocycles. The van der Waals surface area contributed by atoms with Gasteiger partial charge in [-0.05, 0) is 77.9 Å². The molecule has 2 amide bonds. The Hall–Kier alpha value is -5.51. The number of Topliss-reactive ketones (excluding diaryl/α,β-unsaturated/α-hetero) is 1. The summed E-state index contributed by atoms with van der Waals surface area (Å²) in [5.74, 6) is -4.80. The number of methoxy groups -OCH3 is 1. The van der Waals surface area contributed by atoms with Gasteiger partial charge in [0.15, 0.2) is 23.1 Å². The number of phenolic OH excluding ortho intramolecular Hbond substituents is 1. The first-order chi connectivity index (χ1) is 26.7. The highest BCUT2D eigenvalue weighted by molar-refractivity contribution is 6.33. The van der Waals surface area contributed by atoms with E-state index in [1.165, 1.54) is 18.1 Å². The van der Waals surface area contributed by atoms with Crippen molar-refractivity contribution in [1.82, 2.24) is 0 Å². The summed E-state index contributed by atoms with van der Waals surface area (Å²) >= 11 is 6.68. The molecule has 0 radical (unpaired) electrons. The third-order valence-corrected chi connectivity index (χ3v) is 12.8. The van der Waals surface area contributed by atoms with Gasteiger partial charge in [0.05, 0.1) is 48.3 Å². The summed E-state index contributed by atoms with van der Waals surface area (Å²) in [5, 5.41) is 10.9. The van der Waals surface area contributed by atoms with E-state index in [-0.39, 0.29) is 52.7 Å². The number of morpholine rings is 1. The third kappa shape index (κ3) is 5.39. The number of carbonyl (C=O) groups excluding carboxylic acids is 4. The lowest BCUT2D eigenvalue weighted by Gasteiger charge is -2.55. The molecule has 2 saturated heterocycles. The van der Waals surface area contributed by atoms with Crippen molar-refractivity contribution in [3.8, 4) is 11.5 Å². The minimum Gasteiger partial charge on any atom is -0.503 e. The quantitative estimate of drug-likeness (QED) is 0.167. The molecule has 55 heavy (non-hydrogen) atoms. The number of imide groups is 1. The Balaban J connectivity index is 1.21. The number of aromatic hydroxyl groups is 1. The van der Waals surface area contributed by atoms with E-state index in [0.717, 1.165) is 24.4 Å². The van der Waals surface area contributed by atoms with Gasteiger partial charge in [0.1, 0.15) is 0 Å². The Kier molecular flexibility index (Phi) is 8.74. The predicted octanol–water partition coefficient (Wildman–Crippen LogP) is 6.92. The fourth-order valence-electron chi connectivity index (χ4n) is 10.1. The van der Waals surface area contributed by atoms with Gasteiger partial charge in [-0.3, -0.25) is 24.1 Å². The van der Waals surface area contributed by atoms with Gasteiger partial charge in [0.2, 0.25) is 11.8 Å². The van der Waals surface area contributed by atoms with Gasteiger partial charge in [0, 0.05) is 36.2 Å². The molecule has 2 heterocycles. The first-order valence-electron chi connectivity index (χ1n) is 18.7. The van der Waals surface area contributed by atoms with Crippen molar-refractivity contribution < 1.29 is 33.8 Å². The van der Waals surface area contributed by atoms with Crippen LogP contribution in [0.3, 0.4) is 0 Å². The highest BCUT2D eigenvalue weighted by Gasteiger charge is 2.66. The van der Waals surface area contributed by atoms with Gasteiger partial charge in [-0.15, -0.1) is 0 Å². The number of nitrogens with zero attached hydrogens (tertiary/aromatic N) is 2. The number of ketones is 2. The van der Waals surface area contributed by atoms with E-state index in [9.17, 15) is 14.7 Å². The highest BCUT2D eigenvalue weighted by Crippen LogP contribution is 2.64. The smallest absolute Gasteiger partial charge is 0.238 e. The number of fused-ring (bicyclic) bond motifs is 4. The molecule has 10 heteroatoms. The molecule has 4 aromatic rings. The van der Waals surface area contributed by atoms with Gasteiger partial charge in [-0.2, -0.15) is 0 Å². The molecule has 9 rings (SSSR count). The number of carbonyl (C=O) groups is 4. The molecule has 5 aliphatic rings. The summed E-state index contributed by atoms with van der Waals surface area (Å²) in [7, 11) is 1.42. The molecular weight excluding hydrogens is 716 g/mol. The maximum atomic E-state index is 15.3. The first-order valence-corrected chi connectivity index (χ1v) is 19.1. The van der Waals surface area contributed by atoms with Crippen LogP contribution in [-0.4, -0.2) is 61.9 Å². The zero-order valence-corrected chi connectivity index (χ0v) is 30.9. The molecule has 3 fully saturated rings. The number of ether oxygens (including phenoxy) is 2. The Bertz CT molecular complexity index is 2280. The zero-order valence-electron chi connectivity index (χ0n) is 30.2. The molecular formula is C45H39ClN2O7. The second kappa shape index (κ2) is 13.7. The Morgan fingerprint density at radius 3 is 2.20 bits per heavy atom. The summed E-state index contributed by atoms with van der Waals surface area (Å²) in [6.07, 6.45) is 3.95. The van der Waals surface area contributed by atoms with Crippen LogP contribution in [0, 0.1) is 23.7 Å². The summed E-state index contributed by atoms with van der Waals surface area (Å²) in [4.78, 5) is 63.0. The van der Waals surface area contributed by atoms with E-state index >= 15 is 9.59 Å². The minimum absolute atomic E-state index is 0.0273. The van der Waals surface area contributed by atoms with Gasteiger partial charge in [-0.1, -0.05) is 83.9 Å². The van der Waals surface area contributed by atoms with Crippen molar-refractivity contribution in [2.24, 2.45) is 23.7 Å². The fraction of sp³-hybridized carbons (Fsp3) is 0.289. The van der Waals surface area contributed by atoms with Crippen molar-refractivity contribution in [3.05, 3.63) is 137 Å². The molecule has 1 N–H and O–H groups in total. The van der Waals surface area contributed by atoms with Crippen LogP contribution in [0.2, 0.25) is 5.02 Å². The molecule has 0 aromatic heterocycles. The predicted molar refractivity (Wildman–Crippen MR) is 208 cm³/mol. The average Bonchev–Trinajstić information content (AvgIpc) is 3.49. The Morgan fingerprint density at radius 1 is 0.836 bits per heavy atom. The normalized spacial score (nSPS) is 27.6. The van der Waals surface area contributed by atoms with Crippen molar-refractivity contribution in [1.29, 1.82) is 0 Å². The number of allylic oxidation sites excluding steroid dienone is 4. The third-order valence-electron chi connectivity index (χ3n) is 12.5. The topological polar surface area (TPSA) is 113 Å². The SMILES string of the molecule is COc1cc(C2C3=CCC4C(=O)N(c5ccc(N6CCOCC6)cc5)C(=O)C4C3CC3C(=O)C(c4ccccc4)=CC(=O)C32c2ccccc2)cc(Cl)c1O. The van der Waals surface area contributed by atoms with Crippen molar-refractivity contribution in [3.63, 3.8) is 0 Å². The van der Waals surface area contributed by atoms with Gasteiger partial charge < -0.3 is 19.5 Å². The second-order valence-corrected chi connectivity index (χ2v) is 15.4. The van der Waals surface area contributed by atoms with E-state index in [1.54, 1.807) is 12.1 Å².